The fourth-order valence-corrected chi connectivity index (χ4v) is 3.60. The fourth-order valence-electron chi connectivity index (χ4n) is 3.60. The summed E-state index contributed by atoms with van der Waals surface area (Å²) in [7, 11) is 1.60. The highest BCUT2D eigenvalue weighted by Crippen LogP contribution is 2.16. The number of rotatable bonds is 11. The van der Waals surface area contributed by atoms with Crippen molar-refractivity contribution in [3.05, 3.63) is 108 Å². The summed E-state index contributed by atoms with van der Waals surface area (Å²) >= 11 is 0. The summed E-state index contributed by atoms with van der Waals surface area (Å²) in [4.78, 5) is 28.5. The molecule has 0 aromatic heterocycles. The van der Waals surface area contributed by atoms with Crippen LogP contribution in [0.5, 0.6) is 0 Å². The molecule has 0 bridgehead atoms. The number of carbonyl (C=O) groups is 2. The van der Waals surface area contributed by atoms with Crippen molar-refractivity contribution in [2.45, 2.75) is 25.4 Å². The van der Waals surface area contributed by atoms with Crippen LogP contribution >= 0.6 is 0 Å². The van der Waals surface area contributed by atoms with E-state index in [2.05, 4.69) is 5.32 Å². The monoisotopic (exact) mass is 430 g/mol. The van der Waals surface area contributed by atoms with E-state index in [1.54, 1.807) is 12.0 Å². The smallest absolute Gasteiger partial charge is 0.243 e. The zero-order valence-electron chi connectivity index (χ0n) is 18.4. The van der Waals surface area contributed by atoms with E-state index in [1.165, 1.54) is 0 Å². The number of amides is 2. The molecule has 0 saturated heterocycles. The second-order valence-electron chi connectivity index (χ2n) is 7.66. The third kappa shape index (κ3) is 7.06. The van der Waals surface area contributed by atoms with Crippen LogP contribution in [0.4, 0.5) is 0 Å². The van der Waals surface area contributed by atoms with Crippen LogP contribution < -0.4 is 5.32 Å². The summed E-state index contributed by atoms with van der Waals surface area (Å²) < 4.78 is 5.08. The Morgan fingerprint density at radius 3 is 1.91 bits per heavy atom. The standard InChI is InChI=1S/C27H30N2O3/c1-32-18-17-28-27(31)25(19-22-11-5-2-6-12-22)29(21-24-15-9-4-10-16-24)26(30)20-23-13-7-3-8-14-23/h2-16,25H,17-21H2,1H3,(H,28,31). The number of methoxy groups -OCH3 is 1. The van der Waals surface area contributed by atoms with Crippen LogP contribution in [0.2, 0.25) is 0 Å². The molecule has 32 heavy (non-hydrogen) atoms. The molecule has 5 nitrogen and oxygen atoms in total. The average Bonchev–Trinajstić information content (AvgIpc) is 2.83. The topological polar surface area (TPSA) is 58.6 Å². The minimum atomic E-state index is -0.634. The highest BCUT2D eigenvalue weighted by atomic mass is 16.5. The number of carbonyl (C=O) groups excluding carboxylic acids is 2. The van der Waals surface area contributed by atoms with Gasteiger partial charge in [-0.25, -0.2) is 0 Å². The van der Waals surface area contributed by atoms with E-state index in [9.17, 15) is 9.59 Å². The lowest BCUT2D eigenvalue weighted by molar-refractivity contribution is -0.140. The predicted molar refractivity (Wildman–Crippen MR) is 126 cm³/mol. The quantitative estimate of drug-likeness (QED) is 0.473. The van der Waals surface area contributed by atoms with Crippen LogP contribution in [-0.2, 0) is 33.7 Å². The van der Waals surface area contributed by atoms with Crippen LogP contribution in [0, 0.1) is 0 Å². The molecule has 1 atom stereocenters. The zero-order valence-corrected chi connectivity index (χ0v) is 18.4. The van der Waals surface area contributed by atoms with Crippen LogP contribution in [0.3, 0.4) is 0 Å². The number of benzene rings is 3. The minimum absolute atomic E-state index is 0.0807. The molecule has 3 rings (SSSR count). The maximum absolute atomic E-state index is 13.5. The molecule has 0 heterocycles. The maximum atomic E-state index is 13.5. The van der Waals surface area contributed by atoms with Crippen molar-refractivity contribution in [1.29, 1.82) is 0 Å². The highest BCUT2D eigenvalue weighted by molar-refractivity contribution is 5.88. The van der Waals surface area contributed by atoms with Crippen molar-refractivity contribution in [2.75, 3.05) is 20.3 Å². The lowest BCUT2D eigenvalue weighted by Crippen LogP contribution is -2.51. The lowest BCUT2D eigenvalue weighted by Gasteiger charge is -2.31. The zero-order chi connectivity index (χ0) is 22.6. The Labute approximate surface area is 190 Å². The summed E-state index contributed by atoms with van der Waals surface area (Å²) in [5.74, 6) is -0.258. The third-order valence-electron chi connectivity index (χ3n) is 5.27. The first-order valence-corrected chi connectivity index (χ1v) is 10.8. The molecule has 0 aliphatic carbocycles. The Hall–Kier alpha value is -3.44. The summed E-state index contributed by atoms with van der Waals surface area (Å²) in [6.45, 7) is 1.18. The van der Waals surface area contributed by atoms with Gasteiger partial charge in [-0.3, -0.25) is 9.59 Å². The summed E-state index contributed by atoms with van der Waals surface area (Å²) in [5, 5.41) is 2.93. The molecular formula is C27H30N2O3. The Bertz CT molecular complexity index is 962. The molecule has 0 aliphatic rings. The van der Waals surface area contributed by atoms with Gasteiger partial charge in [0.25, 0.3) is 0 Å². The second-order valence-corrected chi connectivity index (χ2v) is 7.66. The van der Waals surface area contributed by atoms with E-state index in [0.29, 0.717) is 26.1 Å². The van der Waals surface area contributed by atoms with Gasteiger partial charge in [-0.1, -0.05) is 91.0 Å². The Morgan fingerprint density at radius 1 is 0.812 bits per heavy atom. The largest absolute Gasteiger partial charge is 0.383 e. The SMILES string of the molecule is COCCNC(=O)C(Cc1ccccc1)N(Cc1ccccc1)C(=O)Cc1ccccc1. The van der Waals surface area contributed by atoms with Crippen molar-refractivity contribution >= 4 is 11.8 Å². The second kappa shape index (κ2) is 12.4. The molecular weight excluding hydrogens is 400 g/mol. The summed E-state index contributed by atoms with van der Waals surface area (Å²) in [5.41, 5.74) is 2.91. The van der Waals surface area contributed by atoms with E-state index < -0.39 is 6.04 Å². The van der Waals surface area contributed by atoms with Crippen LogP contribution in [0.25, 0.3) is 0 Å². The van der Waals surface area contributed by atoms with Crippen LogP contribution in [0.15, 0.2) is 91.0 Å². The van der Waals surface area contributed by atoms with E-state index in [-0.39, 0.29) is 18.2 Å². The molecule has 0 fully saturated rings. The fraction of sp³-hybridized carbons (Fsp3) is 0.259. The Kier molecular flexibility index (Phi) is 9.02. The molecule has 0 radical (unpaired) electrons. The molecule has 5 heteroatoms. The van der Waals surface area contributed by atoms with Gasteiger partial charge in [0, 0.05) is 26.6 Å². The van der Waals surface area contributed by atoms with Crippen molar-refractivity contribution in [2.24, 2.45) is 0 Å². The van der Waals surface area contributed by atoms with Crippen molar-refractivity contribution in [3.8, 4) is 0 Å². The van der Waals surface area contributed by atoms with Gasteiger partial charge in [-0.15, -0.1) is 0 Å². The summed E-state index contributed by atoms with van der Waals surface area (Å²) in [6, 6.07) is 28.6. The number of hydrogen-bond donors (Lipinski definition) is 1. The Balaban J connectivity index is 1.90. The van der Waals surface area contributed by atoms with Gasteiger partial charge in [-0.2, -0.15) is 0 Å². The van der Waals surface area contributed by atoms with Gasteiger partial charge in [0.2, 0.25) is 11.8 Å². The minimum Gasteiger partial charge on any atom is -0.383 e. The molecule has 2 amide bonds. The molecule has 3 aromatic rings. The van der Waals surface area contributed by atoms with Crippen molar-refractivity contribution in [1.82, 2.24) is 10.2 Å². The molecule has 166 valence electrons. The van der Waals surface area contributed by atoms with Crippen LogP contribution in [-0.4, -0.2) is 43.0 Å². The molecule has 3 aromatic carbocycles. The van der Waals surface area contributed by atoms with Gasteiger partial charge in [0.15, 0.2) is 0 Å². The number of nitrogens with zero attached hydrogens (tertiary/aromatic N) is 1. The predicted octanol–water partition coefficient (Wildman–Crippen LogP) is 3.63. The van der Waals surface area contributed by atoms with Gasteiger partial charge >= 0.3 is 0 Å². The highest BCUT2D eigenvalue weighted by Gasteiger charge is 2.30. The van der Waals surface area contributed by atoms with E-state index in [4.69, 9.17) is 4.74 Å². The van der Waals surface area contributed by atoms with Crippen LogP contribution in [0.1, 0.15) is 16.7 Å². The molecule has 0 aliphatic heterocycles. The molecule has 1 N–H and O–H groups in total. The Morgan fingerprint density at radius 2 is 1.34 bits per heavy atom. The summed E-state index contributed by atoms with van der Waals surface area (Å²) in [6.07, 6.45) is 0.678. The van der Waals surface area contributed by atoms with E-state index >= 15 is 0 Å². The van der Waals surface area contributed by atoms with E-state index in [0.717, 1.165) is 16.7 Å². The van der Waals surface area contributed by atoms with Gasteiger partial charge in [-0.05, 0) is 16.7 Å². The molecule has 0 saturated carbocycles. The number of ether oxygens (including phenoxy) is 1. The third-order valence-corrected chi connectivity index (χ3v) is 5.27. The average molecular weight is 431 g/mol. The number of hydrogen-bond acceptors (Lipinski definition) is 3. The first kappa shape index (κ1) is 23.2. The maximum Gasteiger partial charge on any atom is 0.243 e. The van der Waals surface area contributed by atoms with Gasteiger partial charge in [0.1, 0.15) is 6.04 Å². The molecule has 1 unspecified atom stereocenters. The lowest BCUT2D eigenvalue weighted by atomic mass is 10.0. The van der Waals surface area contributed by atoms with E-state index in [1.807, 2.05) is 91.0 Å². The number of nitrogens with one attached hydrogen (secondary N) is 1. The normalized spacial score (nSPS) is 11.5. The van der Waals surface area contributed by atoms with Crippen molar-refractivity contribution in [3.63, 3.8) is 0 Å². The molecule has 0 spiro atoms. The van der Waals surface area contributed by atoms with Crippen molar-refractivity contribution < 1.29 is 14.3 Å². The first-order valence-electron chi connectivity index (χ1n) is 10.8. The van der Waals surface area contributed by atoms with Gasteiger partial charge < -0.3 is 15.0 Å². The van der Waals surface area contributed by atoms with Gasteiger partial charge in [0.05, 0.1) is 13.0 Å². The first-order chi connectivity index (χ1) is 15.7.